The van der Waals surface area contributed by atoms with E-state index < -0.39 is 37.1 Å². The summed E-state index contributed by atoms with van der Waals surface area (Å²) < 4.78 is 6.12. The minimum atomic E-state index is -1.76. The molecule has 1 saturated carbocycles. The minimum absolute atomic E-state index is 0.0460. The smallest absolute Gasteiger partial charge is 0.314 e. The molecule has 1 fully saturated rings. The summed E-state index contributed by atoms with van der Waals surface area (Å²) in [5, 5.41) is 67.1. The number of aliphatic hydroxyl groups is 6. The number of amides is 2. The highest BCUT2D eigenvalue weighted by Gasteiger charge is 2.45. The molecule has 2 aliphatic rings. The molecule has 2 aromatic carbocycles. The Morgan fingerprint density at radius 1 is 0.959 bits per heavy atom. The monoisotopic (exact) mass is 676 g/mol. The van der Waals surface area contributed by atoms with Crippen LogP contribution in [0.15, 0.2) is 72.8 Å². The van der Waals surface area contributed by atoms with Gasteiger partial charge in [-0.1, -0.05) is 36.4 Å². The van der Waals surface area contributed by atoms with E-state index in [9.17, 15) is 30.3 Å². The van der Waals surface area contributed by atoms with Crippen molar-refractivity contribution in [2.24, 2.45) is 0 Å². The first-order valence-corrected chi connectivity index (χ1v) is 16.9. The van der Waals surface area contributed by atoms with Crippen molar-refractivity contribution < 1.29 is 40.2 Å². The molecule has 0 radical (unpaired) electrons. The number of hydrogen-bond acceptors (Lipinski definition) is 10. The zero-order valence-electron chi connectivity index (χ0n) is 27.8. The van der Waals surface area contributed by atoms with Crippen LogP contribution in [-0.2, 0) is 12.1 Å². The number of para-hydroxylation sites is 1. The Morgan fingerprint density at radius 2 is 1.71 bits per heavy atom. The molecule has 5 rings (SSSR count). The maximum absolute atomic E-state index is 12.2. The van der Waals surface area contributed by atoms with Crippen LogP contribution in [0.25, 0.3) is 11.1 Å². The average molecular weight is 677 g/mol. The Kier molecular flexibility index (Phi) is 12.4. The van der Waals surface area contributed by atoms with Crippen molar-refractivity contribution in [3.8, 4) is 16.9 Å². The highest BCUT2D eigenvalue weighted by Crippen LogP contribution is 2.50. The van der Waals surface area contributed by atoms with E-state index in [0.717, 1.165) is 64.2 Å². The molecule has 0 saturated heterocycles. The largest absolute Gasteiger partial charge is 0.461 e. The van der Waals surface area contributed by atoms with Gasteiger partial charge in [-0.05, 0) is 78.6 Å². The molecule has 12 heteroatoms. The first-order valence-electron chi connectivity index (χ1n) is 16.9. The Balaban J connectivity index is 1.14. The fraction of sp³-hybridized carbons (Fsp3) is 0.459. The predicted molar refractivity (Wildman–Crippen MR) is 184 cm³/mol. The van der Waals surface area contributed by atoms with Crippen molar-refractivity contribution >= 4 is 6.03 Å². The lowest BCUT2D eigenvalue weighted by Crippen LogP contribution is -2.50. The van der Waals surface area contributed by atoms with Crippen LogP contribution in [0.3, 0.4) is 0 Å². The third-order valence-electron chi connectivity index (χ3n) is 9.37. The van der Waals surface area contributed by atoms with Gasteiger partial charge in [0, 0.05) is 62.1 Å². The number of aliphatic hydroxyl groups excluding tert-OH is 6. The normalized spacial score (nSPS) is 17.7. The van der Waals surface area contributed by atoms with Crippen LogP contribution in [0, 0.1) is 6.92 Å². The second kappa shape index (κ2) is 16.7. The number of nitrogens with one attached hydrogen (secondary N) is 3. The van der Waals surface area contributed by atoms with Crippen molar-refractivity contribution in [3.63, 3.8) is 0 Å². The van der Waals surface area contributed by atoms with Crippen LogP contribution < -0.4 is 20.7 Å². The summed E-state index contributed by atoms with van der Waals surface area (Å²) in [5.41, 5.74) is 6.41. The Hall–Kier alpha value is -3.88. The minimum Gasteiger partial charge on any atom is -0.461 e. The molecule has 1 heterocycles. The zero-order chi connectivity index (χ0) is 35.0. The van der Waals surface area contributed by atoms with Crippen molar-refractivity contribution in [1.29, 1.82) is 0 Å². The summed E-state index contributed by atoms with van der Waals surface area (Å²) in [7, 11) is 0. The molecular formula is C37H48N4O8. The van der Waals surface area contributed by atoms with Crippen LogP contribution in [-0.4, -0.2) is 92.4 Å². The number of carbonyl (C=O) groups is 1. The lowest BCUT2D eigenvalue weighted by molar-refractivity contribution is -0.113. The highest BCUT2D eigenvalue weighted by molar-refractivity contribution is 5.75. The molecule has 1 aromatic heterocycles. The number of aryl methyl sites for hydroxylation is 1. The molecular weight excluding hydrogens is 628 g/mol. The quantitative estimate of drug-likeness (QED) is 0.0849. The van der Waals surface area contributed by atoms with Crippen molar-refractivity contribution in [1.82, 2.24) is 20.9 Å². The van der Waals surface area contributed by atoms with Gasteiger partial charge in [0.05, 0.1) is 12.7 Å². The standard InChI is InChI=1S/C37H48N4O8/c1-23-8-9-24(25(21-42)5-4-15-39-36(48)40-20-31(44)34(46)35(47)32(45)22-43)17-26(23)18-41-37(13-14-37)30-19-38-16-12-28(30)29-6-2-3-7-33(29)49-27-10-11-27/h2-3,6-10,12,16-17,19,25,31-32,34-35,41-47H,4-5,11,13-15,18,20-22H2,1H3,(H2,39,40,48)/t25?,31-,32+,34+,35+/m0/s1. The van der Waals surface area contributed by atoms with Gasteiger partial charge >= 0.3 is 6.03 Å². The van der Waals surface area contributed by atoms with Crippen LogP contribution in [0.4, 0.5) is 4.79 Å². The Labute approximate surface area is 286 Å². The van der Waals surface area contributed by atoms with Gasteiger partial charge < -0.3 is 51.3 Å². The van der Waals surface area contributed by atoms with Crippen LogP contribution in [0.2, 0.25) is 0 Å². The summed E-state index contributed by atoms with van der Waals surface area (Å²) in [4.78, 5) is 16.7. The maximum Gasteiger partial charge on any atom is 0.314 e. The number of nitrogens with zero attached hydrogens (tertiary/aromatic N) is 1. The van der Waals surface area contributed by atoms with Gasteiger partial charge in [0.25, 0.3) is 0 Å². The Bertz CT molecular complexity index is 1600. The first-order chi connectivity index (χ1) is 23.7. The fourth-order valence-corrected chi connectivity index (χ4v) is 5.98. The molecule has 1 unspecified atom stereocenters. The van der Waals surface area contributed by atoms with Crippen LogP contribution in [0.1, 0.15) is 60.3 Å². The topological polar surface area (TPSA) is 197 Å². The molecule has 5 atom stereocenters. The lowest BCUT2D eigenvalue weighted by atomic mass is 9.91. The lowest BCUT2D eigenvalue weighted by Gasteiger charge is -2.25. The van der Waals surface area contributed by atoms with E-state index in [1.807, 2.05) is 36.7 Å². The molecule has 264 valence electrons. The number of hydrogen-bond donors (Lipinski definition) is 9. The molecule has 3 aromatic rings. The number of pyridine rings is 1. The molecule has 12 nitrogen and oxygen atoms in total. The van der Waals surface area contributed by atoms with E-state index in [4.69, 9.17) is 9.84 Å². The molecule has 2 amide bonds. The number of rotatable bonds is 19. The van der Waals surface area contributed by atoms with Crippen molar-refractivity contribution in [2.45, 2.75) is 81.4 Å². The number of urea groups is 1. The molecule has 9 N–H and O–H groups in total. The molecule has 0 bridgehead atoms. The molecule has 2 aliphatic carbocycles. The van der Waals surface area contributed by atoms with Crippen molar-refractivity contribution in [2.75, 3.05) is 26.3 Å². The SMILES string of the molecule is Cc1ccc(C(CO)CCCNC(=O)NC[C@H](O)[C@@H](O)[C@H](O)[C@H](O)CO)cc1CNC1(c2cnccc2-c2ccccc2OC2=CC2)CC1. The van der Waals surface area contributed by atoms with Crippen LogP contribution in [0.5, 0.6) is 5.75 Å². The predicted octanol–water partition coefficient (Wildman–Crippen LogP) is 2.09. The second-order valence-corrected chi connectivity index (χ2v) is 13.0. The summed E-state index contributed by atoms with van der Waals surface area (Å²) in [6.07, 6.45) is 3.25. The third-order valence-corrected chi connectivity index (χ3v) is 9.37. The van der Waals surface area contributed by atoms with E-state index in [1.54, 1.807) is 0 Å². The Morgan fingerprint density at radius 3 is 2.43 bits per heavy atom. The summed E-state index contributed by atoms with van der Waals surface area (Å²) in [6, 6.07) is 15.8. The van der Waals surface area contributed by atoms with Gasteiger partial charge in [-0.25, -0.2) is 4.79 Å². The summed E-state index contributed by atoms with van der Waals surface area (Å²) >= 11 is 0. The highest BCUT2D eigenvalue weighted by atomic mass is 16.5. The molecule has 0 aliphatic heterocycles. The fourth-order valence-electron chi connectivity index (χ4n) is 5.98. The molecule has 0 spiro atoms. The zero-order valence-corrected chi connectivity index (χ0v) is 27.8. The number of carbonyl (C=O) groups excluding carboxylic acids is 1. The number of benzene rings is 2. The summed E-state index contributed by atoms with van der Waals surface area (Å²) in [6.45, 7) is 1.84. The molecule has 49 heavy (non-hydrogen) atoms. The van der Waals surface area contributed by atoms with Gasteiger partial charge in [0.2, 0.25) is 0 Å². The van der Waals surface area contributed by atoms with Gasteiger partial charge in [-0.15, -0.1) is 0 Å². The van der Waals surface area contributed by atoms with Gasteiger partial charge in [0.15, 0.2) is 0 Å². The van der Waals surface area contributed by atoms with E-state index in [0.29, 0.717) is 25.9 Å². The van der Waals surface area contributed by atoms with Gasteiger partial charge in [-0.2, -0.15) is 0 Å². The maximum atomic E-state index is 12.2. The van der Waals surface area contributed by atoms with Crippen LogP contribution >= 0.6 is 0 Å². The van der Waals surface area contributed by atoms with E-state index >= 15 is 0 Å². The number of allylic oxidation sites excluding steroid dienone is 2. The van der Waals surface area contributed by atoms with Gasteiger partial charge in [-0.3, -0.25) is 4.98 Å². The number of aromatic nitrogens is 1. The first kappa shape index (κ1) is 36.4. The number of ether oxygens (including phenoxy) is 1. The average Bonchev–Trinajstić information content (AvgIpc) is 4.07. The second-order valence-electron chi connectivity index (χ2n) is 13.0. The summed E-state index contributed by atoms with van der Waals surface area (Å²) in [5.74, 6) is 1.71. The van der Waals surface area contributed by atoms with Crippen molar-refractivity contribution in [3.05, 3.63) is 95.0 Å². The van der Waals surface area contributed by atoms with E-state index in [1.165, 1.54) is 0 Å². The third kappa shape index (κ3) is 9.43. The van der Waals surface area contributed by atoms with Gasteiger partial charge in [0.1, 0.15) is 29.8 Å². The van der Waals surface area contributed by atoms with E-state index in [2.05, 4.69) is 58.2 Å². The van der Waals surface area contributed by atoms with E-state index in [-0.39, 0.29) is 24.6 Å².